The predicted octanol–water partition coefficient (Wildman–Crippen LogP) is 3.81. The van der Waals surface area contributed by atoms with Crippen LogP contribution in [0.1, 0.15) is 48.4 Å². The van der Waals surface area contributed by atoms with E-state index in [9.17, 15) is 4.79 Å². The van der Waals surface area contributed by atoms with E-state index in [1.165, 1.54) is 5.56 Å². The Morgan fingerprint density at radius 2 is 2.00 bits per heavy atom. The van der Waals surface area contributed by atoms with Gasteiger partial charge in [-0.3, -0.25) is 9.78 Å². The molecule has 0 radical (unpaired) electrons. The van der Waals surface area contributed by atoms with Gasteiger partial charge in [-0.25, -0.2) is 0 Å². The van der Waals surface area contributed by atoms with Crippen LogP contribution >= 0.6 is 0 Å². The average Bonchev–Trinajstić information content (AvgIpc) is 2.78. The van der Waals surface area contributed by atoms with Crippen LogP contribution in [0, 0.1) is 18.3 Å². The van der Waals surface area contributed by atoms with Crippen LogP contribution in [0.25, 0.3) is 5.70 Å². The second-order valence-electron chi connectivity index (χ2n) is 7.83. The number of pyridine rings is 1. The Morgan fingerprint density at radius 1 is 1.27 bits per heavy atom. The lowest BCUT2D eigenvalue weighted by molar-refractivity contribution is -0.117. The predicted molar refractivity (Wildman–Crippen MR) is 120 cm³/mol. The number of ether oxygens (including phenoxy) is 1. The molecule has 0 unspecified atom stereocenters. The molecule has 0 saturated heterocycles. The maximum absolute atomic E-state index is 12.7. The molecule has 0 spiro atoms. The first-order valence-corrected chi connectivity index (χ1v) is 10.4. The first kappa shape index (κ1) is 21.6. The van der Waals surface area contributed by atoms with Crippen LogP contribution in [0.3, 0.4) is 0 Å². The number of hydrogen-bond acceptors (Lipinski definition) is 5. The molecule has 6 heteroatoms. The van der Waals surface area contributed by atoms with Gasteiger partial charge in [-0.15, -0.1) is 0 Å². The topological polar surface area (TPSA) is 101 Å². The van der Waals surface area contributed by atoms with E-state index >= 15 is 0 Å². The van der Waals surface area contributed by atoms with Gasteiger partial charge < -0.3 is 21.2 Å². The highest BCUT2D eigenvalue weighted by atomic mass is 16.5. The van der Waals surface area contributed by atoms with E-state index in [1.807, 2.05) is 25.3 Å². The van der Waals surface area contributed by atoms with E-state index in [4.69, 9.17) is 15.9 Å². The van der Waals surface area contributed by atoms with Crippen LogP contribution in [0.2, 0.25) is 0 Å². The third kappa shape index (κ3) is 5.06. The van der Waals surface area contributed by atoms with Crippen LogP contribution < -0.4 is 15.8 Å². The number of para-hydroxylation sites is 1. The normalized spacial score (nSPS) is 19.5. The van der Waals surface area contributed by atoms with Crippen molar-refractivity contribution in [2.45, 2.75) is 38.5 Å². The second kappa shape index (κ2) is 10.1. The molecule has 3 rings (SSSR count). The monoisotopic (exact) mass is 406 g/mol. The minimum atomic E-state index is -0.319. The molecule has 158 valence electrons. The number of aryl methyl sites for hydroxylation is 1. The fourth-order valence-electron chi connectivity index (χ4n) is 4.13. The highest BCUT2D eigenvalue weighted by molar-refractivity contribution is 6.17. The number of rotatable bonds is 7. The molecule has 1 fully saturated rings. The summed E-state index contributed by atoms with van der Waals surface area (Å²) in [6, 6.07) is 11.5. The lowest BCUT2D eigenvalue weighted by Crippen LogP contribution is -2.33. The van der Waals surface area contributed by atoms with Crippen molar-refractivity contribution in [1.29, 1.82) is 5.41 Å². The average molecular weight is 407 g/mol. The van der Waals surface area contributed by atoms with Gasteiger partial charge in [0.1, 0.15) is 5.75 Å². The Hall–Kier alpha value is -3.15. The summed E-state index contributed by atoms with van der Waals surface area (Å²) in [5, 5.41) is 10.7. The van der Waals surface area contributed by atoms with Crippen LogP contribution in [-0.4, -0.2) is 30.8 Å². The Morgan fingerprint density at radius 3 is 2.67 bits per heavy atom. The third-order valence-electron chi connectivity index (χ3n) is 5.87. The number of aromatic nitrogens is 1. The van der Waals surface area contributed by atoms with Crippen LogP contribution in [0.5, 0.6) is 5.75 Å². The molecule has 1 aliphatic carbocycles. The largest absolute Gasteiger partial charge is 0.496 e. The van der Waals surface area contributed by atoms with Gasteiger partial charge in [0.05, 0.1) is 18.4 Å². The van der Waals surface area contributed by atoms with Gasteiger partial charge in [0.25, 0.3) is 5.91 Å². The van der Waals surface area contributed by atoms with Crippen molar-refractivity contribution in [2.24, 2.45) is 11.7 Å². The molecule has 1 aromatic heterocycles. The molecule has 2 aromatic rings. The summed E-state index contributed by atoms with van der Waals surface area (Å²) >= 11 is 0. The fourth-order valence-corrected chi connectivity index (χ4v) is 4.13. The number of amides is 1. The number of nitrogens with one attached hydrogen (secondary N) is 2. The fraction of sp³-hybridized carbons (Fsp3) is 0.375. The highest BCUT2D eigenvalue weighted by Crippen LogP contribution is 2.35. The van der Waals surface area contributed by atoms with Crippen molar-refractivity contribution in [3.63, 3.8) is 0 Å². The first-order valence-electron chi connectivity index (χ1n) is 10.4. The third-order valence-corrected chi connectivity index (χ3v) is 5.87. The number of nitrogens with zero attached hydrogens (tertiary/aromatic N) is 1. The first-order chi connectivity index (χ1) is 14.5. The van der Waals surface area contributed by atoms with Crippen molar-refractivity contribution in [2.75, 3.05) is 13.7 Å². The number of methoxy groups -OCH3 is 1. The maximum atomic E-state index is 12.7. The van der Waals surface area contributed by atoms with Crippen molar-refractivity contribution in [3.8, 4) is 5.75 Å². The lowest BCUT2D eigenvalue weighted by atomic mass is 9.79. The molecule has 0 atom stereocenters. The molecule has 1 aliphatic rings. The zero-order chi connectivity index (χ0) is 21.5. The maximum Gasteiger partial charge on any atom is 0.254 e. The molecule has 1 heterocycles. The van der Waals surface area contributed by atoms with Gasteiger partial charge >= 0.3 is 0 Å². The van der Waals surface area contributed by atoms with Gasteiger partial charge in [-0.1, -0.05) is 12.1 Å². The zero-order valence-corrected chi connectivity index (χ0v) is 17.7. The minimum Gasteiger partial charge on any atom is -0.496 e. The molecule has 0 aliphatic heterocycles. The Bertz CT molecular complexity index is 930. The van der Waals surface area contributed by atoms with E-state index in [1.54, 1.807) is 19.2 Å². The Kier molecular flexibility index (Phi) is 7.22. The number of carbonyl (C=O) groups is 1. The van der Waals surface area contributed by atoms with Crippen molar-refractivity contribution in [3.05, 3.63) is 65.0 Å². The number of benzene rings is 1. The molecule has 1 aromatic carbocycles. The van der Waals surface area contributed by atoms with Crippen LogP contribution in [0.4, 0.5) is 0 Å². The molecular formula is C24H30N4O2. The number of nitrogens with two attached hydrogens (primary N) is 1. The molecule has 0 bridgehead atoms. The Balaban J connectivity index is 1.59. The zero-order valence-electron chi connectivity index (χ0n) is 17.7. The van der Waals surface area contributed by atoms with Crippen LogP contribution in [-0.2, 0) is 4.79 Å². The summed E-state index contributed by atoms with van der Waals surface area (Å²) in [5.74, 6) is 1.26. The summed E-state index contributed by atoms with van der Waals surface area (Å²) in [5.41, 5.74) is 9.65. The second-order valence-corrected chi connectivity index (χ2v) is 7.83. The number of carbonyl (C=O) groups excluding carboxylic acids is 1. The van der Waals surface area contributed by atoms with Crippen molar-refractivity contribution in [1.82, 2.24) is 10.3 Å². The van der Waals surface area contributed by atoms with Crippen molar-refractivity contribution >= 4 is 17.8 Å². The molecule has 1 saturated carbocycles. The summed E-state index contributed by atoms with van der Waals surface area (Å²) < 4.78 is 5.32. The van der Waals surface area contributed by atoms with E-state index in [0.717, 1.165) is 37.6 Å². The lowest BCUT2D eigenvalue weighted by Gasteiger charge is -2.29. The molecule has 4 N–H and O–H groups in total. The molecule has 30 heavy (non-hydrogen) atoms. The van der Waals surface area contributed by atoms with Crippen LogP contribution in [0.15, 0.2) is 48.2 Å². The summed E-state index contributed by atoms with van der Waals surface area (Å²) in [6.45, 7) is 2.62. The summed E-state index contributed by atoms with van der Waals surface area (Å²) in [7, 11) is 1.56. The van der Waals surface area contributed by atoms with Gasteiger partial charge in [0, 0.05) is 30.2 Å². The number of hydrogen-bond donors (Lipinski definition) is 3. The molecule has 1 amide bonds. The van der Waals surface area contributed by atoms with Gasteiger partial charge in [0.2, 0.25) is 0 Å². The van der Waals surface area contributed by atoms with Crippen molar-refractivity contribution < 1.29 is 9.53 Å². The van der Waals surface area contributed by atoms with Gasteiger partial charge in [-0.05, 0) is 74.3 Å². The smallest absolute Gasteiger partial charge is 0.254 e. The van der Waals surface area contributed by atoms with Gasteiger partial charge in [-0.2, -0.15) is 0 Å². The summed E-state index contributed by atoms with van der Waals surface area (Å²) in [4.78, 5) is 17.0. The quantitative estimate of drug-likeness (QED) is 0.481. The summed E-state index contributed by atoms with van der Waals surface area (Å²) in [6.07, 6.45) is 7.26. The SMILES string of the molecule is COc1ccccc1/C(N)=C(/C=N)C(=O)NCC1CCC(c2ccnc(C)c2)CC1. The van der Waals surface area contributed by atoms with E-state index in [2.05, 4.69) is 22.4 Å². The van der Waals surface area contributed by atoms with Gasteiger partial charge in [0.15, 0.2) is 0 Å². The molecule has 6 nitrogen and oxygen atoms in total. The van der Waals surface area contributed by atoms with E-state index in [0.29, 0.717) is 29.7 Å². The van der Waals surface area contributed by atoms with E-state index in [-0.39, 0.29) is 17.2 Å². The molecular weight excluding hydrogens is 376 g/mol. The Labute approximate surface area is 178 Å². The highest BCUT2D eigenvalue weighted by Gasteiger charge is 2.24. The standard InChI is InChI=1S/C24H30N4O2/c1-16-13-19(11-12-27-16)18-9-7-17(8-10-18)15-28-24(29)21(14-25)23(26)20-5-3-4-6-22(20)30-2/h3-6,11-14,17-18,25H,7-10,15,26H2,1-2H3,(H,28,29)/b23-21+,25-14?. The minimum absolute atomic E-state index is 0.153. The van der Waals surface area contributed by atoms with E-state index < -0.39 is 0 Å².